The summed E-state index contributed by atoms with van der Waals surface area (Å²) in [5, 5.41) is 19.0. The first-order valence-corrected chi connectivity index (χ1v) is 9.45. The lowest BCUT2D eigenvalue weighted by Gasteiger charge is -2.12. The molecule has 4 aromatic rings. The molecule has 3 aromatic heterocycles. The molecule has 2 N–H and O–H groups in total. The fraction of sp³-hybridized carbons (Fsp3) is 0.211. The van der Waals surface area contributed by atoms with E-state index >= 15 is 0 Å². The van der Waals surface area contributed by atoms with E-state index < -0.39 is 0 Å². The van der Waals surface area contributed by atoms with Crippen molar-refractivity contribution in [2.45, 2.75) is 18.4 Å². The molecule has 0 radical (unpaired) electrons. The van der Waals surface area contributed by atoms with Gasteiger partial charge in [-0.3, -0.25) is 4.68 Å². The molecule has 9 heteroatoms. The Hall–Kier alpha value is -3.04. The van der Waals surface area contributed by atoms with Crippen LogP contribution in [0.2, 0.25) is 0 Å². The lowest BCUT2D eigenvalue weighted by Crippen LogP contribution is -2.00. The molecular weight excluding hydrogens is 376 g/mol. The molecular formula is C19H20N6O2S. The van der Waals surface area contributed by atoms with Crippen LogP contribution in [-0.4, -0.2) is 36.8 Å². The van der Waals surface area contributed by atoms with Crippen LogP contribution in [0.25, 0.3) is 16.7 Å². The Morgan fingerprint density at radius 3 is 2.82 bits per heavy atom. The quantitative estimate of drug-likeness (QED) is 0.484. The third-order valence-corrected chi connectivity index (χ3v) is 5.28. The number of ether oxygens (including phenoxy) is 1. The number of aliphatic hydroxyl groups is 1. The number of hydrogen-bond donors (Lipinski definition) is 2. The second-order valence-corrected chi connectivity index (χ2v) is 7.18. The van der Waals surface area contributed by atoms with Gasteiger partial charge in [0.05, 0.1) is 36.5 Å². The molecule has 0 saturated carbocycles. The summed E-state index contributed by atoms with van der Waals surface area (Å²) in [6.45, 7) is 1.92. The van der Waals surface area contributed by atoms with Crippen LogP contribution in [0.4, 0.5) is 5.69 Å². The number of aromatic nitrogens is 5. The molecule has 0 unspecified atom stereocenters. The molecule has 0 aliphatic heterocycles. The molecule has 0 spiro atoms. The van der Waals surface area contributed by atoms with Gasteiger partial charge in [0, 0.05) is 24.8 Å². The van der Waals surface area contributed by atoms with Crippen LogP contribution in [0.1, 0.15) is 11.1 Å². The fourth-order valence-electron chi connectivity index (χ4n) is 2.97. The Morgan fingerprint density at radius 2 is 2.07 bits per heavy atom. The van der Waals surface area contributed by atoms with Gasteiger partial charge in [-0.1, -0.05) is 0 Å². The number of nitrogens with zero attached hydrogens (tertiary/aromatic N) is 5. The molecule has 0 aliphatic carbocycles. The number of fused-ring (bicyclic) bond motifs is 1. The van der Waals surface area contributed by atoms with Gasteiger partial charge in [0.1, 0.15) is 11.4 Å². The van der Waals surface area contributed by atoms with Gasteiger partial charge in [-0.25, -0.2) is 9.67 Å². The molecule has 0 fully saturated rings. The summed E-state index contributed by atoms with van der Waals surface area (Å²) in [6, 6.07) is 5.81. The van der Waals surface area contributed by atoms with Crippen molar-refractivity contribution in [3.05, 3.63) is 54.1 Å². The molecule has 0 atom stereocenters. The lowest BCUT2D eigenvalue weighted by molar-refractivity contribution is 0.280. The van der Waals surface area contributed by atoms with Gasteiger partial charge in [0.2, 0.25) is 0 Å². The van der Waals surface area contributed by atoms with Crippen LogP contribution in [0, 0.1) is 6.92 Å². The van der Waals surface area contributed by atoms with E-state index in [2.05, 4.69) is 19.9 Å². The minimum Gasteiger partial charge on any atom is -0.494 e. The SMILES string of the molecule is COc1ccc2cnn(C)c2c1NSc1cnn(-c2cc(C)c(CO)cn2)c1. The summed E-state index contributed by atoms with van der Waals surface area (Å²) >= 11 is 1.44. The highest BCUT2D eigenvalue weighted by atomic mass is 32.2. The van der Waals surface area contributed by atoms with Crippen molar-refractivity contribution in [2.24, 2.45) is 7.05 Å². The van der Waals surface area contributed by atoms with Crippen molar-refractivity contribution in [3.63, 3.8) is 0 Å². The molecule has 0 saturated heterocycles. The van der Waals surface area contributed by atoms with Crippen molar-refractivity contribution in [1.29, 1.82) is 0 Å². The van der Waals surface area contributed by atoms with Gasteiger partial charge >= 0.3 is 0 Å². The third kappa shape index (κ3) is 3.30. The van der Waals surface area contributed by atoms with Crippen molar-refractivity contribution in [1.82, 2.24) is 24.5 Å². The molecule has 3 heterocycles. The maximum absolute atomic E-state index is 9.29. The molecule has 144 valence electrons. The Kier molecular flexibility index (Phi) is 4.93. The van der Waals surface area contributed by atoms with Crippen LogP contribution < -0.4 is 9.46 Å². The van der Waals surface area contributed by atoms with Crippen molar-refractivity contribution in [3.8, 4) is 11.6 Å². The molecule has 8 nitrogen and oxygen atoms in total. The Bertz CT molecular complexity index is 1140. The normalized spacial score (nSPS) is 11.1. The van der Waals surface area contributed by atoms with E-state index in [4.69, 9.17) is 4.74 Å². The first kappa shape index (κ1) is 18.3. The summed E-state index contributed by atoms with van der Waals surface area (Å²) in [5.41, 5.74) is 3.61. The number of aryl methyl sites for hydroxylation is 2. The van der Waals surface area contributed by atoms with Gasteiger partial charge < -0.3 is 14.6 Å². The summed E-state index contributed by atoms with van der Waals surface area (Å²) in [6.07, 6.45) is 7.16. The van der Waals surface area contributed by atoms with Crippen LogP contribution >= 0.6 is 11.9 Å². The van der Waals surface area contributed by atoms with E-state index in [9.17, 15) is 5.11 Å². The average Bonchev–Trinajstić information content (AvgIpc) is 3.33. The van der Waals surface area contributed by atoms with E-state index in [0.717, 1.165) is 38.4 Å². The summed E-state index contributed by atoms with van der Waals surface area (Å²) in [4.78, 5) is 5.29. The van der Waals surface area contributed by atoms with E-state index in [1.807, 2.05) is 49.2 Å². The van der Waals surface area contributed by atoms with Crippen molar-refractivity contribution >= 4 is 28.5 Å². The van der Waals surface area contributed by atoms with E-state index in [1.165, 1.54) is 11.9 Å². The zero-order valence-electron chi connectivity index (χ0n) is 15.7. The van der Waals surface area contributed by atoms with Crippen LogP contribution in [0.15, 0.2) is 47.9 Å². The summed E-state index contributed by atoms with van der Waals surface area (Å²) in [5.74, 6) is 1.45. The lowest BCUT2D eigenvalue weighted by atomic mass is 10.2. The number of methoxy groups -OCH3 is 1. The first-order valence-electron chi connectivity index (χ1n) is 8.63. The number of benzene rings is 1. The topological polar surface area (TPSA) is 90.0 Å². The monoisotopic (exact) mass is 396 g/mol. The minimum atomic E-state index is -0.0232. The minimum absolute atomic E-state index is 0.0232. The van der Waals surface area contributed by atoms with Crippen molar-refractivity contribution in [2.75, 3.05) is 11.8 Å². The van der Waals surface area contributed by atoms with Crippen LogP contribution in [-0.2, 0) is 13.7 Å². The second-order valence-electron chi connectivity index (χ2n) is 6.30. The van der Waals surface area contributed by atoms with E-state index in [-0.39, 0.29) is 6.61 Å². The number of aliphatic hydroxyl groups excluding tert-OH is 1. The van der Waals surface area contributed by atoms with Gasteiger partial charge in [0.25, 0.3) is 0 Å². The number of anilines is 1. The zero-order valence-corrected chi connectivity index (χ0v) is 16.6. The predicted octanol–water partition coefficient (Wildman–Crippen LogP) is 3.08. The van der Waals surface area contributed by atoms with Crippen LogP contribution in [0.3, 0.4) is 0 Å². The van der Waals surface area contributed by atoms with E-state index in [0.29, 0.717) is 5.82 Å². The standard InChI is InChI=1S/C19H20N6O2S/c1-12-6-17(20-7-14(12)11-26)25-10-15(9-22-25)28-23-18-16(27-3)5-4-13-8-21-24(2)19(13)18/h4-10,23,26H,11H2,1-3H3. The Balaban J connectivity index is 1.58. The van der Waals surface area contributed by atoms with Gasteiger partial charge in [0.15, 0.2) is 5.82 Å². The highest BCUT2D eigenvalue weighted by Gasteiger charge is 2.13. The van der Waals surface area contributed by atoms with Gasteiger partial charge in [-0.2, -0.15) is 10.2 Å². The fourth-order valence-corrected chi connectivity index (χ4v) is 3.64. The second kappa shape index (κ2) is 7.53. The molecule has 1 aromatic carbocycles. The maximum Gasteiger partial charge on any atom is 0.153 e. The number of rotatable bonds is 6. The molecule has 0 aliphatic rings. The van der Waals surface area contributed by atoms with Gasteiger partial charge in [-0.15, -0.1) is 0 Å². The molecule has 0 bridgehead atoms. The first-order chi connectivity index (χ1) is 13.6. The Labute approximate surface area is 166 Å². The maximum atomic E-state index is 9.29. The van der Waals surface area contributed by atoms with Crippen molar-refractivity contribution < 1.29 is 9.84 Å². The molecule has 0 amide bonds. The summed E-state index contributed by atoms with van der Waals surface area (Å²) < 4.78 is 12.4. The highest BCUT2D eigenvalue weighted by molar-refractivity contribution is 8.00. The third-order valence-electron chi connectivity index (χ3n) is 4.52. The Morgan fingerprint density at radius 1 is 1.21 bits per heavy atom. The summed E-state index contributed by atoms with van der Waals surface area (Å²) in [7, 11) is 3.55. The number of nitrogens with one attached hydrogen (secondary N) is 1. The average molecular weight is 396 g/mol. The van der Waals surface area contributed by atoms with Gasteiger partial charge in [-0.05, 0) is 48.2 Å². The molecule has 28 heavy (non-hydrogen) atoms. The smallest absolute Gasteiger partial charge is 0.153 e. The molecule has 4 rings (SSSR count). The van der Waals surface area contributed by atoms with E-state index in [1.54, 1.807) is 24.2 Å². The number of hydrogen-bond acceptors (Lipinski definition) is 7. The predicted molar refractivity (Wildman–Crippen MR) is 109 cm³/mol. The number of pyridine rings is 1. The zero-order chi connectivity index (χ0) is 19.7. The highest BCUT2D eigenvalue weighted by Crippen LogP contribution is 2.36. The van der Waals surface area contributed by atoms with Crippen LogP contribution in [0.5, 0.6) is 5.75 Å². The largest absolute Gasteiger partial charge is 0.494 e.